The number of likely N-dealkylation sites (N-methyl/N-ethyl adjacent to an activating group) is 1. The van der Waals surface area contributed by atoms with Crippen molar-refractivity contribution in [1.82, 2.24) is 10.2 Å². The summed E-state index contributed by atoms with van der Waals surface area (Å²) < 4.78 is 0. The highest BCUT2D eigenvalue weighted by Crippen LogP contribution is 2.49. The van der Waals surface area contributed by atoms with Gasteiger partial charge in [-0.2, -0.15) is 15.8 Å². The zero-order valence-electron chi connectivity index (χ0n) is 65.9. The first-order chi connectivity index (χ1) is 40.0. The van der Waals surface area contributed by atoms with Crippen LogP contribution in [-0.4, -0.2) is 24.5 Å². The molecule has 492 valence electrons. The Morgan fingerprint density at radius 3 is 0.730 bits per heavy atom. The number of benzene rings is 5. The third-order valence-corrected chi connectivity index (χ3v) is 23.4. The lowest BCUT2D eigenvalue weighted by molar-refractivity contribution is 0.00652. The maximum atomic E-state index is 10.8. The smallest absolute Gasteiger partial charge is 0.0977 e. The van der Waals surface area contributed by atoms with Crippen LogP contribution in [0.2, 0.25) is 0 Å². The van der Waals surface area contributed by atoms with Crippen molar-refractivity contribution in [1.29, 1.82) is 15.8 Å². The predicted octanol–water partition coefficient (Wildman–Crippen LogP) is 22.8. The molecule has 0 aliphatic carbocycles. The molecule has 0 bridgehead atoms. The van der Waals surface area contributed by atoms with Crippen molar-refractivity contribution < 1.29 is 0 Å². The molecule has 0 saturated heterocycles. The monoisotopic (exact) mass is 1210 g/mol. The first-order valence-corrected chi connectivity index (χ1v) is 33.0. The van der Waals surface area contributed by atoms with E-state index in [1.54, 1.807) is 0 Å². The largest absolute Gasteiger partial charge is 0.311 e. The minimum atomic E-state index is -0.701. The van der Waals surface area contributed by atoms with Crippen LogP contribution in [0.5, 0.6) is 0 Å². The SMILES string of the molecule is CC(C)(C)C.CNC(C)(C)c1c(C)c(C)c(C)c(C)c1C.Cc1c(C)c(C)c(C(C)(C#N)C(C)(C)C)c(C)c1C.Cc1c(C)c(C)c(C(C)(C)N(C)C(C)(C)C(C)(C#N)c2c(C)c(C)c(C)c(C)c2C)c(C)c1C.Cc1c(C)c(C)c(C(C)C#N)c(C)c1C. The highest BCUT2D eigenvalue weighted by Gasteiger charge is 2.52. The van der Waals surface area contributed by atoms with Crippen molar-refractivity contribution >= 4 is 0 Å². The maximum absolute atomic E-state index is 10.8. The van der Waals surface area contributed by atoms with Gasteiger partial charge in [-0.25, -0.2) is 0 Å². The van der Waals surface area contributed by atoms with E-state index in [4.69, 9.17) is 5.26 Å². The number of hydrogen-bond donors (Lipinski definition) is 1. The lowest BCUT2D eigenvalue weighted by Gasteiger charge is -2.54. The fourth-order valence-corrected chi connectivity index (χ4v) is 14.0. The summed E-state index contributed by atoms with van der Waals surface area (Å²) in [6.45, 7) is 89.9. The summed E-state index contributed by atoms with van der Waals surface area (Å²) in [6.07, 6.45) is 0. The van der Waals surface area contributed by atoms with Crippen LogP contribution in [0.1, 0.15) is 284 Å². The van der Waals surface area contributed by atoms with Crippen LogP contribution in [-0.2, 0) is 21.9 Å². The summed E-state index contributed by atoms with van der Waals surface area (Å²) in [4.78, 5) is 2.45. The molecule has 0 aliphatic heterocycles. The summed E-state index contributed by atoms with van der Waals surface area (Å²) in [5.41, 5.74) is 38.6. The molecular weight excluding hydrogens is 1080 g/mol. The van der Waals surface area contributed by atoms with E-state index in [1.807, 2.05) is 14.0 Å². The van der Waals surface area contributed by atoms with E-state index in [2.05, 4.69) is 312 Å². The van der Waals surface area contributed by atoms with Gasteiger partial charge in [-0.3, -0.25) is 4.90 Å². The molecule has 5 heteroatoms. The summed E-state index contributed by atoms with van der Waals surface area (Å²) in [5.74, 6) is -0.0111. The van der Waals surface area contributed by atoms with E-state index in [9.17, 15) is 10.5 Å². The predicted molar refractivity (Wildman–Crippen MR) is 392 cm³/mol. The van der Waals surface area contributed by atoms with Crippen molar-refractivity contribution in [2.24, 2.45) is 10.8 Å². The van der Waals surface area contributed by atoms with Crippen LogP contribution >= 0.6 is 0 Å². The van der Waals surface area contributed by atoms with Crippen molar-refractivity contribution in [2.75, 3.05) is 14.1 Å². The normalized spacial score (nSPS) is 13.6. The Labute approximate surface area is 550 Å². The third kappa shape index (κ3) is 15.9. The zero-order chi connectivity index (χ0) is 70.8. The molecule has 0 saturated carbocycles. The number of rotatable bonds is 9. The molecule has 89 heavy (non-hydrogen) atoms. The van der Waals surface area contributed by atoms with Crippen LogP contribution in [0.15, 0.2) is 0 Å². The number of nitrogens with one attached hydrogen (secondary N) is 1. The Kier molecular flexibility index (Phi) is 26.9. The first-order valence-electron chi connectivity index (χ1n) is 33.0. The fourth-order valence-electron chi connectivity index (χ4n) is 14.0. The fraction of sp³-hybridized carbons (Fsp3) is 0.607. The second kappa shape index (κ2) is 29.4. The molecular formula is C84H131N5. The third-order valence-electron chi connectivity index (χ3n) is 23.4. The van der Waals surface area contributed by atoms with Gasteiger partial charge in [0.25, 0.3) is 0 Å². The van der Waals surface area contributed by atoms with Gasteiger partial charge in [-0.05, 0) is 427 Å². The Balaban J connectivity index is 0.000000613. The van der Waals surface area contributed by atoms with E-state index in [0.29, 0.717) is 5.41 Å². The molecule has 0 fully saturated rings. The van der Waals surface area contributed by atoms with Crippen LogP contribution in [0.25, 0.3) is 0 Å². The molecule has 1 N–H and O–H groups in total. The summed E-state index contributed by atoms with van der Waals surface area (Å²) in [6, 6.07) is 7.74. The van der Waals surface area contributed by atoms with Crippen LogP contribution in [0.4, 0.5) is 0 Å². The Hall–Kier alpha value is -5.51. The standard InChI is InChI=1S/C32H48N2.C18H27N.C15H25N.C14H19N.C5H12/c1-18-20(3)24(7)28(25(8)21(18)4)30(11,12)34(16)31(13,14)32(15,17-33)29-26(9)22(5)19(2)23(6)27(29)10;1-11-12(2)14(4)16(15(5)13(11)3)18(9,10-19)17(6,7)8;1-9-10(2)12(4)14(13(5)11(9)3)15(6,7)16-8;1-8(7-15)14-12(5)10(3)9(2)11(4)13(14)6;1-5(2,3)4/h1-16H3;1-9H3;16H,1-8H3;8H,1-6H3;1-4H3. The molecule has 5 nitrogen and oxygen atoms in total. The van der Waals surface area contributed by atoms with Crippen LogP contribution in [0.3, 0.4) is 0 Å². The summed E-state index contributed by atoms with van der Waals surface area (Å²) in [5, 5.41) is 33.1. The van der Waals surface area contributed by atoms with Crippen molar-refractivity contribution in [2.45, 2.75) is 317 Å². The van der Waals surface area contributed by atoms with Gasteiger partial charge in [0.2, 0.25) is 0 Å². The first kappa shape index (κ1) is 81.5. The molecule has 0 amide bonds. The van der Waals surface area contributed by atoms with Gasteiger partial charge in [-0.15, -0.1) is 0 Å². The van der Waals surface area contributed by atoms with Gasteiger partial charge >= 0.3 is 0 Å². The highest BCUT2D eigenvalue weighted by molar-refractivity contribution is 5.59. The average Bonchev–Trinajstić information content (AvgIpc) is 0.735. The molecule has 0 heterocycles. The summed E-state index contributed by atoms with van der Waals surface area (Å²) in [7, 11) is 4.24. The molecule has 0 spiro atoms. The Morgan fingerprint density at radius 1 is 0.315 bits per heavy atom. The van der Waals surface area contributed by atoms with E-state index in [1.165, 1.54) is 167 Å². The van der Waals surface area contributed by atoms with Gasteiger partial charge < -0.3 is 5.32 Å². The Bertz CT molecular complexity index is 3420. The zero-order valence-corrected chi connectivity index (χ0v) is 65.9. The minimum Gasteiger partial charge on any atom is -0.311 e. The van der Waals surface area contributed by atoms with Gasteiger partial charge in [0.15, 0.2) is 0 Å². The van der Waals surface area contributed by atoms with E-state index in [0.717, 1.165) is 0 Å². The number of nitrogens with zero attached hydrogens (tertiary/aromatic N) is 4. The lowest BCUT2D eigenvalue weighted by atomic mass is 9.62. The molecule has 0 aromatic heterocycles. The average molecular weight is 1210 g/mol. The van der Waals surface area contributed by atoms with Gasteiger partial charge in [0, 0.05) is 16.6 Å². The molecule has 0 radical (unpaired) electrons. The second-order valence-electron chi connectivity index (χ2n) is 31.7. The molecule has 3 unspecified atom stereocenters. The second-order valence-corrected chi connectivity index (χ2v) is 31.7. The van der Waals surface area contributed by atoms with Crippen molar-refractivity contribution in [3.63, 3.8) is 0 Å². The van der Waals surface area contributed by atoms with Crippen molar-refractivity contribution in [3.8, 4) is 18.2 Å². The lowest BCUT2D eigenvalue weighted by Crippen LogP contribution is -2.61. The number of hydrogen-bond acceptors (Lipinski definition) is 5. The van der Waals surface area contributed by atoms with E-state index in [-0.39, 0.29) is 22.4 Å². The number of nitriles is 3. The highest BCUT2D eigenvalue weighted by atomic mass is 15.2. The van der Waals surface area contributed by atoms with Crippen LogP contribution < -0.4 is 5.32 Å². The quantitative estimate of drug-likeness (QED) is 0.159. The molecule has 5 aromatic carbocycles. The van der Waals surface area contributed by atoms with Crippen LogP contribution in [0, 0.1) is 218 Å². The maximum Gasteiger partial charge on any atom is 0.0977 e. The summed E-state index contributed by atoms with van der Waals surface area (Å²) >= 11 is 0. The molecule has 5 rings (SSSR count). The van der Waals surface area contributed by atoms with Crippen molar-refractivity contribution in [3.05, 3.63) is 167 Å². The topological polar surface area (TPSA) is 86.6 Å². The van der Waals surface area contributed by atoms with E-state index < -0.39 is 16.4 Å². The van der Waals surface area contributed by atoms with E-state index >= 15 is 0 Å². The van der Waals surface area contributed by atoms with Gasteiger partial charge in [-0.1, -0.05) is 48.5 Å². The molecule has 3 atom stereocenters. The molecule has 0 aliphatic rings. The minimum absolute atomic E-state index is 0.0111. The molecule has 5 aromatic rings. The van der Waals surface area contributed by atoms with Gasteiger partial charge in [0.05, 0.1) is 35.0 Å². The Morgan fingerprint density at radius 2 is 0.517 bits per heavy atom. The van der Waals surface area contributed by atoms with Gasteiger partial charge in [0.1, 0.15) is 0 Å².